The molecule has 2 N–H and O–H groups in total. The van der Waals surface area contributed by atoms with Crippen LogP contribution in [0.2, 0.25) is 0 Å². The van der Waals surface area contributed by atoms with Crippen molar-refractivity contribution in [2.45, 2.75) is 12.8 Å². The van der Waals surface area contributed by atoms with Crippen LogP contribution in [0.5, 0.6) is 0 Å². The summed E-state index contributed by atoms with van der Waals surface area (Å²) in [6.07, 6.45) is 2.16. The Hall–Kier alpha value is -1.46. The van der Waals surface area contributed by atoms with E-state index in [1.54, 1.807) is 31.4 Å². The number of carbonyl (C=O) groups excluding carboxylic acids is 1. The Morgan fingerprint density at radius 2 is 2.05 bits per heavy atom. The highest BCUT2D eigenvalue weighted by Crippen LogP contribution is 2.19. The van der Waals surface area contributed by atoms with E-state index in [4.69, 9.17) is 22.7 Å². The zero-order valence-electron chi connectivity index (χ0n) is 11.7. The van der Waals surface area contributed by atoms with E-state index in [0.717, 1.165) is 31.5 Å². The summed E-state index contributed by atoms with van der Waals surface area (Å²) in [7, 11) is 1.70. The summed E-state index contributed by atoms with van der Waals surface area (Å²) in [5.41, 5.74) is 7.02. The molecule has 0 radical (unpaired) electrons. The summed E-state index contributed by atoms with van der Waals surface area (Å²) < 4.78 is 5.19. The summed E-state index contributed by atoms with van der Waals surface area (Å²) in [4.78, 5) is 14.7. The number of hydrogen-bond acceptors (Lipinski definition) is 3. The molecule has 1 aromatic rings. The van der Waals surface area contributed by atoms with Gasteiger partial charge in [-0.15, -0.1) is 0 Å². The predicted octanol–water partition coefficient (Wildman–Crippen LogP) is 1.82. The molecule has 20 heavy (non-hydrogen) atoms. The minimum atomic E-state index is 0.0697. The molecule has 1 heterocycles. The Balaban J connectivity index is 2.04. The van der Waals surface area contributed by atoms with Gasteiger partial charge in [0.05, 0.1) is 6.61 Å². The number of likely N-dealkylation sites (tertiary alicyclic amines) is 1. The summed E-state index contributed by atoms with van der Waals surface area (Å²) in [5, 5.41) is 0. The molecule has 1 saturated heterocycles. The van der Waals surface area contributed by atoms with Crippen LogP contribution in [0.4, 0.5) is 0 Å². The molecule has 0 saturated carbocycles. The average molecular weight is 292 g/mol. The van der Waals surface area contributed by atoms with Gasteiger partial charge in [0, 0.05) is 31.3 Å². The van der Waals surface area contributed by atoms with Crippen LogP contribution in [0, 0.1) is 5.92 Å². The van der Waals surface area contributed by atoms with E-state index < -0.39 is 0 Å². The van der Waals surface area contributed by atoms with E-state index in [1.165, 1.54) is 0 Å². The lowest BCUT2D eigenvalue weighted by molar-refractivity contribution is 0.0571. The number of nitrogens with zero attached hydrogens (tertiary/aromatic N) is 1. The molecule has 5 heteroatoms. The molecular weight excluding hydrogens is 272 g/mol. The molecule has 1 aliphatic rings. The van der Waals surface area contributed by atoms with Gasteiger partial charge in [-0.2, -0.15) is 0 Å². The fourth-order valence-corrected chi connectivity index (χ4v) is 2.72. The molecule has 1 amide bonds. The second-order valence-corrected chi connectivity index (χ2v) is 5.60. The molecule has 108 valence electrons. The third-order valence-corrected chi connectivity index (χ3v) is 3.86. The van der Waals surface area contributed by atoms with Gasteiger partial charge in [0.2, 0.25) is 0 Å². The number of methoxy groups -OCH3 is 1. The fourth-order valence-electron chi connectivity index (χ4n) is 2.58. The van der Waals surface area contributed by atoms with Gasteiger partial charge in [-0.25, -0.2) is 0 Å². The first-order valence-corrected chi connectivity index (χ1v) is 7.20. The number of amides is 1. The average Bonchev–Trinajstić information content (AvgIpc) is 2.47. The monoisotopic (exact) mass is 292 g/mol. The smallest absolute Gasteiger partial charge is 0.253 e. The van der Waals surface area contributed by atoms with Crippen molar-refractivity contribution in [3.63, 3.8) is 0 Å². The Kier molecular flexibility index (Phi) is 5.09. The molecule has 1 aromatic carbocycles. The maximum Gasteiger partial charge on any atom is 0.253 e. The SMILES string of the molecule is COCC1CCCN(C(=O)c2ccc(C(N)=S)cc2)C1. The summed E-state index contributed by atoms with van der Waals surface area (Å²) >= 11 is 4.91. The summed E-state index contributed by atoms with van der Waals surface area (Å²) in [6.45, 7) is 2.30. The van der Waals surface area contributed by atoms with Crippen LogP contribution in [0.3, 0.4) is 0 Å². The second kappa shape index (κ2) is 6.81. The van der Waals surface area contributed by atoms with Gasteiger partial charge in [0.15, 0.2) is 0 Å². The Morgan fingerprint density at radius 1 is 1.40 bits per heavy atom. The molecule has 0 aromatic heterocycles. The third kappa shape index (κ3) is 3.55. The lowest BCUT2D eigenvalue weighted by Gasteiger charge is -2.32. The minimum absolute atomic E-state index is 0.0697. The van der Waals surface area contributed by atoms with Crippen molar-refractivity contribution in [1.82, 2.24) is 4.90 Å². The van der Waals surface area contributed by atoms with Crippen LogP contribution >= 0.6 is 12.2 Å². The van der Waals surface area contributed by atoms with Crippen LogP contribution in [-0.2, 0) is 4.74 Å². The first-order valence-electron chi connectivity index (χ1n) is 6.80. The van der Waals surface area contributed by atoms with Crippen molar-refractivity contribution in [3.8, 4) is 0 Å². The van der Waals surface area contributed by atoms with Crippen LogP contribution in [0.15, 0.2) is 24.3 Å². The maximum absolute atomic E-state index is 12.5. The Bertz CT molecular complexity index is 485. The lowest BCUT2D eigenvalue weighted by atomic mass is 9.98. The standard InChI is InChI=1S/C15H20N2O2S/c1-19-10-11-3-2-8-17(9-11)15(18)13-6-4-12(5-7-13)14(16)20/h4-7,11H,2-3,8-10H2,1H3,(H2,16,20). The Morgan fingerprint density at radius 3 is 2.65 bits per heavy atom. The first kappa shape index (κ1) is 14.9. The van der Waals surface area contributed by atoms with Crippen LogP contribution < -0.4 is 5.73 Å². The molecular formula is C15H20N2O2S. The highest BCUT2D eigenvalue weighted by Gasteiger charge is 2.24. The van der Waals surface area contributed by atoms with Crippen LogP contribution in [-0.4, -0.2) is 42.6 Å². The van der Waals surface area contributed by atoms with E-state index in [-0.39, 0.29) is 5.91 Å². The van der Waals surface area contributed by atoms with Crippen LogP contribution in [0.1, 0.15) is 28.8 Å². The van der Waals surface area contributed by atoms with Crippen molar-refractivity contribution in [1.29, 1.82) is 0 Å². The van der Waals surface area contributed by atoms with Gasteiger partial charge in [-0.05, 0) is 30.9 Å². The molecule has 4 nitrogen and oxygen atoms in total. The summed E-state index contributed by atoms with van der Waals surface area (Å²) in [6, 6.07) is 7.17. The number of rotatable bonds is 4. The quantitative estimate of drug-likeness (QED) is 0.860. The molecule has 1 aliphatic heterocycles. The normalized spacial score (nSPS) is 18.9. The molecule has 1 unspecified atom stereocenters. The van der Waals surface area contributed by atoms with E-state index in [0.29, 0.717) is 23.1 Å². The second-order valence-electron chi connectivity index (χ2n) is 5.16. The zero-order valence-corrected chi connectivity index (χ0v) is 12.5. The van der Waals surface area contributed by atoms with Gasteiger partial charge < -0.3 is 15.4 Å². The van der Waals surface area contributed by atoms with Crippen molar-refractivity contribution in [2.75, 3.05) is 26.8 Å². The zero-order chi connectivity index (χ0) is 14.5. The summed E-state index contributed by atoms with van der Waals surface area (Å²) in [5.74, 6) is 0.508. The number of carbonyl (C=O) groups is 1. The lowest BCUT2D eigenvalue weighted by Crippen LogP contribution is -2.41. The van der Waals surface area contributed by atoms with Gasteiger partial charge in [0.25, 0.3) is 5.91 Å². The molecule has 0 aliphatic carbocycles. The number of ether oxygens (including phenoxy) is 1. The predicted molar refractivity (Wildman–Crippen MR) is 82.8 cm³/mol. The Labute approximate surface area is 124 Å². The largest absolute Gasteiger partial charge is 0.389 e. The highest BCUT2D eigenvalue weighted by atomic mass is 32.1. The number of benzene rings is 1. The fraction of sp³-hybridized carbons (Fsp3) is 0.467. The van der Waals surface area contributed by atoms with Gasteiger partial charge >= 0.3 is 0 Å². The van der Waals surface area contributed by atoms with Gasteiger partial charge in [-0.3, -0.25) is 4.79 Å². The number of thiocarbonyl (C=S) groups is 1. The molecule has 1 fully saturated rings. The van der Waals surface area contributed by atoms with Gasteiger partial charge in [0.1, 0.15) is 4.99 Å². The molecule has 2 rings (SSSR count). The topological polar surface area (TPSA) is 55.6 Å². The van der Waals surface area contributed by atoms with Crippen molar-refractivity contribution in [2.24, 2.45) is 11.7 Å². The van der Waals surface area contributed by atoms with Crippen molar-refractivity contribution < 1.29 is 9.53 Å². The molecule has 0 spiro atoms. The third-order valence-electron chi connectivity index (χ3n) is 3.62. The van der Waals surface area contributed by atoms with E-state index in [2.05, 4.69) is 0 Å². The van der Waals surface area contributed by atoms with Crippen molar-refractivity contribution >= 4 is 23.1 Å². The van der Waals surface area contributed by atoms with E-state index in [9.17, 15) is 4.79 Å². The van der Waals surface area contributed by atoms with Crippen LogP contribution in [0.25, 0.3) is 0 Å². The number of hydrogen-bond donors (Lipinski definition) is 1. The highest BCUT2D eigenvalue weighted by molar-refractivity contribution is 7.80. The van der Waals surface area contributed by atoms with E-state index in [1.807, 2.05) is 4.90 Å². The number of piperidine rings is 1. The first-order chi connectivity index (χ1) is 9.61. The maximum atomic E-state index is 12.5. The minimum Gasteiger partial charge on any atom is -0.389 e. The molecule has 0 bridgehead atoms. The van der Waals surface area contributed by atoms with Crippen molar-refractivity contribution in [3.05, 3.63) is 35.4 Å². The van der Waals surface area contributed by atoms with E-state index >= 15 is 0 Å². The number of nitrogens with two attached hydrogens (primary N) is 1. The van der Waals surface area contributed by atoms with Gasteiger partial charge in [-0.1, -0.05) is 24.4 Å². The molecule has 1 atom stereocenters.